The molecule has 0 N–H and O–H groups in total. The van der Waals surface area contributed by atoms with Crippen molar-refractivity contribution in [1.82, 2.24) is 25.1 Å². The zero-order chi connectivity index (χ0) is 22.8. The maximum absolute atomic E-state index is 13.5. The summed E-state index contributed by atoms with van der Waals surface area (Å²) >= 11 is 0. The van der Waals surface area contributed by atoms with Gasteiger partial charge in [0.15, 0.2) is 5.82 Å². The van der Waals surface area contributed by atoms with Gasteiger partial charge in [-0.25, -0.2) is 4.68 Å². The Balaban J connectivity index is 1.48. The fourth-order valence-corrected chi connectivity index (χ4v) is 5.07. The van der Waals surface area contributed by atoms with E-state index in [2.05, 4.69) is 37.5 Å². The molecule has 1 saturated heterocycles. The number of nitrogens with zero attached hydrogens (tertiary/aromatic N) is 6. The molecule has 1 aliphatic carbocycles. The van der Waals surface area contributed by atoms with Gasteiger partial charge in [-0.15, -0.1) is 5.10 Å². The number of anilines is 1. The summed E-state index contributed by atoms with van der Waals surface area (Å²) in [5.74, 6) is 0.634. The average Bonchev–Trinajstić information content (AvgIpc) is 3.52. The maximum atomic E-state index is 13.5. The standard InChI is InChI=1S/C24H27F3N6/c25-24(26,27)19-8-6-7-18(17-19)22(23-28-29-30-33(23)21-11-4-5-12-21)32-15-13-31(14-16-32)20-9-2-1-3-10-20/h1-3,6-10,17,21-22H,4-5,11-16H2/t22-/m0/s1. The number of hydrogen-bond donors (Lipinski definition) is 0. The van der Waals surface area contributed by atoms with Crippen LogP contribution < -0.4 is 4.90 Å². The summed E-state index contributed by atoms with van der Waals surface area (Å²) in [7, 11) is 0. The lowest BCUT2D eigenvalue weighted by Crippen LogP contribution is -2.48. The average molecular weight is 457 g/mol. The molecule has 1 saturated carbocycles. The van der Waals surface area contributed by atoms with Gasteiger partial charge < -0.3 is 4.90 Å². The van der Waals surface area contributed by atoms with E-state index in [4.69, 9.17) is 0 Å². The molecule has 0 spiro atoms. The number of rotatable bonds is 5. The van der Waals surface area contributed by atoms with Crippen LogP contribution in [0.5, 0.6) is 0 Å². The van der Waals surface area contributed by atoms with Crippen molar-refractivity contribution in [2.24, 2.45) is 0 Å². The predicted octanol–water partition coefficient (Wildman–Crippen LogP) is 4.72. The van der Waals surface area contributed by atoms with Gasteiger partial charge in [0, 0.05) is 31.9 Å². The van der Waals surface area contributed by atoms with Crippen molar-refractivity contribution in [3.05, 3.63) is 71.5 Å². The zero-order valence-corrected chi connectivity index (χ0v) is 18.3. The highest BCUT2D eigenvalue weighted by atomic mass is 19.4. The molecule has 1 atom stereocenters. The van der Waals surface area contributed by atoms with Crippen molar-refractivity contribution in [3.63, 3.8) is 0 Å². The summed E-state index contributed by atoms with van der Waals surface area (Å²) in [5, 5.41) is 12.6. The molecule has 1 aliphatic heterocycles. The Bertz CT molecular complexity index is 1050. The third-order valence-electron chi connectivity index (χ3n) is 6.76. The third kappa shape index (κ3) is 4.59. The smallest absolute Gasteiger partial charge is 0.369 e. The second-order valence-electron chi connectivity index (χ2n) is 8.80. The molecule has 2 aromatic carbocycles. The van der Waals surface area contributed by atoms with Crippen LogP contribution in [0.1, 0.15) is 54.7 Å². The largest absolute Gasteiger partial charge is 0.416 e. The van der Waals surface area contributed by atoms with E-state index in [0.717, 1.165) is 50.5 Å². The third-order valence-corrected chi connectivity index (χ3v) is 6.76. The number of para-hydroxylation sites is 1. The number of aromatic nitrogens is 4. The molecule has 0 unspecified atom stereocenters. The Labute approximate surface area is 191 Å². The fraction of sp³-hybridized carbons (Fsp3) is 0.458. The van der Waals surface area contributed by atoms with Crippen LogP contribution in [0.25, 0.3) is 0 Å². The molecule has 2 aliphatic rings. The van der Waals surface area contributed by atoms with E-state index in [1.54, 1.807) is 6.07 Å². The quantitative estimate of drug-likeness (QED) is 0.556. The number of piperazine rings is 1. The van der Waals surface area contributed by atoms with Crippen molar-refractivity contribution < 1.29 is 13.2 Å². The van der Waals surface area contributed by atoms with Crippen LogP contribution in [0, 0.1) is 0 Å². The first-order valence-corrected chi connectivity index (χ1v) is 11.5. The molecule has 0 amide bonds. The van der Waals surface area contributed by atoms with Gasteiger partial charge in [-0.1, -0.05) is 43.2 Å². The van der Waals surface area contributed by atoms with Crippen LogP contribution in [0.15, 0.2) is 54.6 Å². The Hall–Kier alpha value is -2.94. The molecule has 0 bridgehead atoms. The van der Waals surface area contributed by atoms with Gasteiger partial charge in [-0.2, -0.15) is 13.2 Å². The Morgan fingerprint density at radius 2 is 1.61 bits per heavy atom. The number of alkyl halides is 3. The molecule has 1 aromatic heterocycles. The topological polar surface area (TPSA) is 50.1 Å². The number of halogens is 3. The van der Waals surface area contributed by atoms with Crippen molar-refractivity contribution in [2.45, 2.75) is 43.9 Å². The minimum atomic E-state index is -4.40. The maximum Gasteiger partial charge on any atom is 0.416 e. The second kappa shape index (κ2) is 9.13. The lowest BCUT2D eigenvalue weighted by Gasteiger charge is -2.40. The van der Waals surface area contributed by atoms with Crippen LogP contribution in [0.4, 0.5) is 18.9 Å². The van der Waals surface area contributed by atoms with Gasteiger partial charge in [-0.05, 0) is 53.1 Å². The molecule has 6 nitrogen and oxygen atoms in total. The predicted molar refractivity (Wildman–Crippen MR) is 119 cm³/mol. The minimum absolute atomic E-state index is 0.203. The summed E-state index contributed by atoms with van der Waals surface area (Å²) in [6.07, 6.45) is -0.171. The van der Waals surface area contributed by atoms with Gasteiger partial charge in [-0.3, -0.25) is 4.90 Å². The van der Waals surface area contributed by atoms with E-state index in [9.17, 15) is 13.2 Å². The highest BCUT2D eigenvalue weighted by Crippen LogP contribution is 2.37. The molecular formula is C24H27F3N6. The number of tetrazole rings is 1. The molecular weight excluding hydrogens is 429 g/mol. The fourth-order valence-electron chi connectivity index (χ4n) is 5.07. The summed E-state index contributed by atoms with van der Waals surface area (Å²) in [6, 6.07) is 15.6. The Morgan fingerprint density at radius 3 is 2.30 bits per heavy atom. The van der Waals surface area contributed by atoms with E-state index < -0.39 is 17.8 Å². The highest BCUT2D eigenvalue weighted by Gasteiger charge is 2.36. The highest BCUT2D eigenvalue weighted by molar-refractivity contribution is 5.46. The van der Waals surface area contributed by atoms with E-state index >= 15 is 0 Å². The summed E-state index contributed by atoms with van der Waals surface area (Å²) in [5.41, 5.74) is 1.09. The molecule has 0 radical (unpaired) electrons. The Kier molecular flexibility index (Phi) is 6.05. The van der Waals surface area contributed by atoms with Crippen molar-refractivity contribution in [2.75, 3.05) is 31.1 Å². The van der Waals surface area contributed by atoms with Crippen molar-refractivity contribution >= 4 is 5.69 Å². The molecule has 9 heteroatoms. The molecule has 2 heterocycles. The van der Waals surface area contributed by atoms with Gasteiger partial charge in [0.25, 0.3) is 0 Å². The molecule has 3 aromatic rings. The first kappa shape index (κ1) is 21.9. The van der Waals surface area contributed by atoms with Crippen molar-refractivity contribution in [3.8, 4) is 0 Å². The van der Waals surface area contributed by atoms with Crippen LogP contribution in [0.3, 0.4) is 0 Å². The first-order valence-electron chi connectivity index (χ1n) is 11.5. The van der Waals surface area contributed by atoms with E-state index in [-0.39, 0.29) is 6.04 Å². The minimum Gasteiger partial charge on any atom is -0.369 e. The van der Waals surface area contributed by atoms with Crippen LogP contribution in [-0.4, -0.2) is 51.3 Å². The van der Waals surface area contributed by atoms with Gasteiger partial charge in [0.1, 0.15) is 0 Å². The van der Waals surface area contributed by atoms with Gasteiger partial charge in [0.05, 0.1) is 17.6 Å². The van der Waals surface area contributed by atoms with E-state index in [0.29, 0.717) is 24.5 Å². The first-order chi connectivity index (χ1) is 16.0. The molecule has 174 valence electrons. The summed E-state index contributed by atoms with van der Waals surface area (Å²) < 4.78 is 42.4. The van der Waals surface area contributed by atoms with Crippen LogP contribution in [-0.2, 0) is 6.18 Å². The zero-order valence-electron chi connectivity index (χ0n) is 18.3. The van der Waals surface area contributed by atoms with Crippen LogP contribution >= 0.6 is 0 Å². The second-order valence-corrected chi connectivity index (χ2v) is 8.80. The number of benzene rings is 2. The number of hydrogen-bond acceptors (Lipinski definition) is 5. The molecule has 5 rings (SSSR count). The van der Waals surface area contributed by atoms with E-state index in [1.807, 2.05) is 22.9 Å². The Morgan fingerprint density at radius 1 is 0.879 bits per heavy atom. The monoisotopic (exact) mass is 456 g/mol. The summed E-state index contributed by atoms with van der Waals surface area (Å²) in [6.45, 7) is 2.97. The van der Waals surface area contributed by atoms with Crippen molar-refractivity contribution in [1.29, 1.82) is 0 Å². The normalized spacial score (nSPS) is 19.2. The SMILES string of the molecule is FC(F)(F)c1cccc([C@@H](c2nnnn2C2CCCC2)N2CCN(c3ccccc3)CC2)c1. The lowest BCUT2D eigenvalue weighted by molar-refractivity contribution is -0.137. The van der Waals surface area contributed by atoms with Crippen LogP contribution in [0.2, 0.25) is 0 Å². The van der Waals surface area contributed by atoms with Gasteiger partial charge in [0.2, 0.25) is 0 Å². The molecule has 33 heavy (non-hydrogen) atoms. The van der Waals surface area contributed by atoms with E-state index in [1.165, 1.54) is 12.1 Å². The van der Waals surface area contributed by atoms with Gasteiger partial charge >= 0.3 is 6.18 Å². The molecule has 2 fully saturated rings. The summed E-state index contributed by atoms with van der Waals surface area (Å²) in [4.78, 5) is 4.52. The lowest BCUT2D eigenvalue weighted by atomic mass is 10.00.